The quantitative estimate of drug-likeness (QED) is 0.166. The first-order valence-electron chi connectivity index (χ1n) is 29.8. The van der Waals surface area contributed by atoms with Crippen molar-refractivity contribution >= 4 is 82.9 Å². The van der Waals surface area contributed by atoms with Gasteiger partial charge in [0, 0.05) is 82.3 Å². The predicted molar refractivity (Wildman–Crippen MR) is 352 cm³/mol. The fourth-order valence-electron chi connectivity index (χ4n) is 15.6. The van der Waals surface area contributed by atoms with E-state index in [9.17, 15) is 0 Å². The van der Waals surface area contributed by atoms with Gasteiger partial charge in [-0.15, -0.1) is 0 Å². The Balaban J connectivity index is 0.862. The molecule has 3 aromatic heterocycles. The summed E-state index contributed by atoms with van der Waals surface area (Å²) in [7, 11) is 0. The van der Waals surface area contributed by atoms with Crippen molar-refractivity contribution in [2.75, 3.05) is 4.90 Å². The molecule has 12 aromatic carbocycles. The van der Waals surface area contributed by atoms with Gasteiger partial charge < -0.3 is 18.2 Å². The van der Waals surface area contributed by atoms with Crippen LogP contribution in [-0.4, -0.2) is 0 Å². The van der Waals surface area contributed by atoms with Crippen molar-refractivity contribution in [1.29, 1.82) is 0 Å². The van der Waals surface area contributed by atoms with Crippen LogP contribution in [0.2, 0.25) is 0 Å². The van der Waals surface area contributed by atoms with Gasteiger partial charge in [-0.3, -0.25) is 0 Å². The molecule has 3 aliphatic rings. The number of furan rings is 3. The molecule has 0 saturated carbocycles. The molecule has 0 saturated heterocycles. The lowest BCUT2D eigenvalue weighted by Crippen LogP contribution is -2.19. The van der Waals surface area contributed by atoms with Crippen molar-refractivity contribution < 1.29 is 13.3 Å². The number of hydrogen-bond acceptors (Lipinski definition) is 4. The molecule has 0 spiro atoms. The third kappa shape index (κ3) is 6.52. The molecule has 85 heavy (non-hydrogen) atoms. The fraction of sp³-hybridized carbons (Fsp3) is 0.111. The summed E-state index contributed by atoms with van der Waals surface area (Å²) in [4.78, 5) is 2.52. The molecule has 4 nitrogen and oxygen atoms in total. The predicted octanol–water partition coefficient (Wildman–Crippen LogP) is 22.8. The van der Waals surface area contributed by atoms with Crippen molar-refractivity contribution in [3.05, 3.63) is 270 Å². The van der Waals surface area contributed by atoms with Crippen LogP contribution < -0.4 is 4.90 Å². The Morgan fingerprint density at radius 1 is 0.259 bits per heavy atom. The smallest absolute Gasteiger partial charge is 0.144 e. The standard InChI is InChI=1S/C81H57NO3/c1-79(2)61-40-49(34-37-52(61)73-64(79)43-58(46-22-10-7-11-23-46)70-55-28-16-19-31-67(55)83-76(70)73)82(50-35-38-53-62(41-50)80(3,4)65-44-59(47-24-12-8-13-25-47)71-56-29-17-20-32-68(56)84-77(71)74(53)65)51-36-39-54-63(42-51)81(5,6)66-45-60(48-26-14-9-15-27-48)72-57-30-18-21-33-69(57)85-78(72)75(54)66/h7-45H,1-6H3. The molecule has 0 atom stereocenters. The van der Waals surface area contributed by atoms with Gasteiger partial charge >= 0.3 is 0 Å². The number of para-hydroxylation sites is 3. The highest BCUT2D eigenvalue weighted by Crippen LogP contribution is 2.61. The van der Waals surface area contributed by atoms with E-state index in [0.29, 0.717) is 0 Å². The summed E-state index contributed by atoms with van der Waals surface area (Å²) in [5.74, 6) is 0. The van der Waals surface area contributed by atoms with Crippen molar-refractivity contribution in [3.63, 3.8) is 0 Å². The minimum atomic E-state index is -0.380. The van der Waals surface area contributed by atoms with Crippen LogP contribution in [0.1, 0.15) is 74.9 Å². The van der Waals surface area contributed by atoms with Gasteiger partial charge in [0.2, 0.25) is 0 Å². The lowest BCUT2D eigenvalue weighted by Gasteiger charge is -2.31. The van der Waals surface area contributed by atoms with Crippen LogP contribution in [-0.2, 0) is 16.2 Å². The zero-order chi connectivity index (χ0) is 56.8. The maximum atomic E-state index is 7.03. The first-order chi connectivity index (χ1) is 41.4. The monoisotopic (exact) mass is 1090 g/mol. The van der Waals surface area contributed by atoms with Gasteiger partial charge in [0.25, 0.3) is 0 Å². The Kier molecular flexibility index (Phi) is 9.67. The van der Waals surface area contributed by atoms with Crippen LogP contribution >= 0.6 is 0 Å². The number of anilines is 3. The number of hydrogen-bond donors (Lipinski definition) is 0. The number of fused-ring (bicyclic) bond motifs is 21. The average Bonchev–Trinajstić information content (AvgIpc) is 1.68. The highest BCUT2D eigenvalue weighted by Gasteiger charge is 2.44. The Bertz CT molecular complexity index is 4840. The summed E-state index contributed by atoms with van der Waals surface area (Å²) in [6, 6.07) is 86.9. The summed E-state index contributed by atoms with van der Waals surface area (Å²) in [6.45, 7) is 14.4. The third-order valence-electron chi connectivity index (χ3n) is 19.8. The van der Waals surface area contributed by atoms with E-state index in [4.69, 9.17) is 13.3 Å². The van der Waals surface area contributed by atoms with E-state index < -0.39 is 0 Å². The summed E-state index contributed by atoms with van der Waals surface area (Å²) < 4.78 is 21.1. The van der Waals surface area contributed by atoms with E-state index in [1.165, 1.54) is 100 Å². The molecule has 0 N–H and O–H groups in total. The molecule has 0 aliphatic heterocycles. The SMILES string of the molecule is CC1(C)c2cc(N(c3ccc4c(c3)C(C)(C)c3cc(-c5ccccc5)c5c(oc6ccccc65)c3-4)c3ccc4c(c3)C(C)(C)c3cc(-c5ccccc5)c5c(oc6ccccc65)c3-4)ccc2-c2c1cc(-c1ccccc1)c1c2oc2ccccc21. The first kappa shape index (κ1) is 48.4. The highest BCUT2D eigenvalue weighted by atomic mass is 16.3. The summed E-state index contributed by atoms with van der Waals surface area (Å²) in [5.41, 5.74) is 29.5. The fourth-order valence-corrected chi connectivity index (χ4v) is 15.6. The van der Waals surface area contributed by atoms with Gasteiger partial charge in [0.05, 0.1) is 0 Å². The van der Waals surface area contributed by atoms with Crippen LogP contribution in [0.15, 0.2) is 250 Å². The second kappa shape index (κ2) is 17.0. The molecule has 0 bridgehead atoms. The molecular weight excluding hydrogens is 1030 g/mol. The van der Waals surface area contributed by atoms with E-state index in [-0.39, 0.29) is 16.2 Å². The second-order valence-corrected chi connectivity index (χ2v) is 25.4. The van der Waals surface area contributed by atoms with Crippen molar-refractivity contribution in [2.24, 2.45) is 0 Å². The van der Waals surface area contributed by atoms with E-state index in [2.05, 4.69) is 283 Å². The molecule has 404 valence electrons. The van der Waals surface area contributed by atoms with Gasteiger partial charge in [0.15, 0.2) is 0 Å². The molecule has 15 aromatic rings. The largest absolute Gasteiger partial charge is 0.455 e. The van der Waals surface area contributed by atoms with Gasteiger partial charge in [-0.25, -0.2) is 0 Å². The van der Waals surface area contributed by atoms with Crippen molar-refractivity contribution in [1.82, 2.24) is 0 Å². The van der Waals surface area contributed by atoms with Gasteiger partial charge in [-0.2, -0.15) is 0 Å². The second-order valence-electron chi connectivity index (χ2n) is 25.4. The minimum absolute atomic E-state index is 0.380. The Hall–Kier alpha value is -10.2. The van der Waals surface area contributed by atoms with Crippen molar-refractivity contribution in [2.45, 2.75) is 57.8 Å². The van der Waals surface area contributed by atoms with E-state index in [0.717, 1.165) is 82.9 Å². The van der Waals surface area contributed by atoms with Crippen molar-refractivity contribution in [3.8, 4) is 66.8 Å². The Morgan fingerprint density at radius 2 is 0.529 bits per heavy atom. The molecule has 0 fully saturated rings. The zero-order valence-electron chi connectivity index (χ0n) is 48.2. The molecule has 0 unspecified atom stereocenters. The number of benzene rings is 12. The molecule has 0 amide bonds. The first-order valence-corrected chi connectivity index (χ1v) is 29.8. The van der Waals surface area contributed by atoms with Gasteiger partial charge in [-0.05, 0) is 156 Å². The average molecular weight is 1090 g/mol. The van der Waals surface area contributed by atoms with Gasteiger partial charge in [-0.1, -0.05) is 205 Å². The lowest BCUT2D eigenvalue weighted by atomic mass is 9.80. The van der Waals surface area contributed by atoms with Gasteiger partial charge in [0.1, 0.15) is 33.5 Å². The highest BCUT2D eigenvalue weighted by molar-refractivity contribution is 6.21. The molecule has 0 radical (unpaired) electrons. The van der Waals surface area contributed by atoms with Crippen LogP contribution in [0, 0.1) is 0 Å². The maximum Gasteiger partial charge on any atom is 0.144 e. The summed E-state index contributed by atoms with van der Waals surface area (Å²) in [6.07, 6.45) is 0. The van der Waals surface area contributed by atoms with Crippen LogP contribution in [0.25, 0.3) is 133 Å². The summed E-state index contributed by atoms with van der Waals surface area (Å²) in [5, 5.41) is 6.86. The third-order valence-corrected chi connectivity index (χ3v) is 19.8. The van der Waals surface area contributed by atoms with E-state index >= 15 is 0 Å². The Labute approximate surface area is 492 Å². The normalized spacial score (nSPS) is 14.8. The Morgan fingerprint density at radius 3 is 0.824 bits per heavy atom. The van der Waals surface area contributed by atoms with Crippen LogP contribution in [0.5, 0.6) is 0 Å². The molecule has 3 aliphatic carbocycles. The van der Waals surface area contributed by atoms with E-state index in [1.807, 2.05) is 0 Å². The van der Waals surface area contributed by atoms with E-state index in [1.54, 1.807) is 0 Å². The minimum Gasteiger partial charge on any atom is -0.455 e. The zero-order valence-corrected chi connectivity index (χ0v) is 48.2. The van der Waals surface area contributed by atoms with Crippen LogP contribution in [0.3, 0.4) is 0 Å². The molecule has 3 heterocycles. The molecule has 18 rings (SSSR count). The number of nitrogens with zero attached hydrogens (tertiary/aromatic N) is 1. The van der Waals surface area contributed by atoms with Crippen LogP contribution in [0.4, 0.5) is 17.1 Å². The topological polar surface area (TPSA) is 42.7 Å². The summed E-state index contributed by atoms with van der Waals surface area (Å²) >= 11 is 0. The lowest BCUT2D eigenvalue weighted by molar-refractivity contribution is 0.652. The molecule has 4 heteroatoms. The molecular formula is C81H57NO3. The number of rotatable bonds is 6. The maximum absolute atomic E-state index is 7.03.